The summed E-state index contributed by atoms with van der Waals surface area (Å²) in [5, 5.41) is 8.66. The molecule has 32 heteroatoms. The van der Waals surface area contributed by atoms with Crippen molar-refractivity contribution in [1.29, 1.82) is 0 Å². The molecule has 616 valence electrons. The number of hydrogen-bond acceptors (Lipinski definition) is 14. The summed E-state index contributed by atoms with van der Waals surface area (Å²) < 4.78 is 98.5. The maximum Gasteiger partial charge on any atom is 0.391 e. The molecule has 4 aliphatic carbocycles. The average Bonchev–Trinajstić information content (AvgIpc) is 1.43. The Morgan fingerprint density at radius 3 is 1.91 bits per heavy atom. The monoisotopic (exact) mass is 1550 g/mol. The van der Waals surface area contributed by atoms with Crippen LogP contribution in [0.15, 0.2) is 12.2 Å². The molecule has 0 radical (unpaired) electrons. The fourth-order valence-corrected chi connectivity index (χ4v) is 18.0. The molecular weight excluding hydrogens is 1430 g/mol. The van der Waals surface area contributed by atoms with Crippen LogP contribution in [0.1, 0.15) is 183 Å². The van der Waals surface area contributed by atoms with E-state index in [-0.39, 0.29) is 116 Å². The Balaban J connectivity index is 1.34. The molecule has 14 atom stereocenters. The second kappa shape index (κ2) is 38.4. The third-order valence-corrected chi connectivity index (χ3v) is 24.4. The van der Waals surface area contributed by atoms with Gasteiger partial charge in [-0.05, 0) is 139 Å². The number of ether oxygens (including phenoxy) is 2. The lowest BCUT2D eigenvalue weighted by Crippen LogP contribution is -2.71. The number of carbonyl (C=O) groups excluding carboxylic acids is 12. The van der Waals surface area contributed by atoms with Crippen molar-refractivity contribution < 1.29 is 93.4 Å². The highest BCUT2D eigenvalue weighted by atomic mass is 19.4. The lowest BCUT2D eigenvalue weighted by atomic mass is 9.58. The highest BCUT2D eigenvalue weighted by Crippen LogP contribution is 2.50. The van der Waals surface area contributed by atoms with Crippen molar-refractivity contribution in [3.8, 4) is 0 Å². The van der Waals surface area contributed by atoms with Crippen LogP contribution >= 0.6 is 0 Å². The molecular formula is C77H122F6N12O14. The standard InChI is InChI=1S/C77H122F6N12O14/c1-16-24-53-66(99)85-63(45(4)17-2)72(105)89(10)42-61(98)91(12)54-27-20-19-23-34-94(71(54)104)57(36-46-28-31-49(32-29-46)77(81,82)83)70(103)88(9)41-59(96)84-52(33-30-47-35-51(78)62(65(79)80)58(37-47)108-15)68(101)95-40-50(109-18-3)38-55(95)67(100)86-76(43-75(5,6)44-76)74(107)93(14)64(48-25-21-22-26-48)73(106)92(13)56(69(102)87(7)8)39-60(97)90(53)11/h19-20,45-58,62-65H,16-18,21-44H2,1-15H3,(H,84,96)(H,85,99)(H,86,100)/b20-19-/t45-,46?,47?,49?,50+,51?,52-,53-,54-,55-,56-,57-,58?,62?,63-,64-/m0/s1. The Hall–Kier alpha value is -7.12. The maximum atomic E-state index is 15.8. The molecule has 0 aromatic rings. The van der Waals surface area contributed by atoms with Gasteiger partial charge in [-0.1, -0.05) is 72.5 Å². The van der Waals surface area contributed by atoms with Gasteiger partial charge < -0.3 is 69.5 Å². The summed E-state index contributed by atoms with van der Waals surface area (Å²) >= 11 is 0. The number of carbonyl (C=O) groups is 12. The Kier molecular flexibility index (Phi) is 31.4. The van der Waals surface area contributed by atoms with Gasteiger partial charge in [-0.2, -0.15) is 13.2 Å². The van der Waals surface area contributed by atoms with Gasteiger partial charge in [0.1, 0.15) is 60.0 Å². The number of alkyl halides is 6. The van der Waals surface area contributed by atoms with E-state index in [1.165, 1.54) is 88.0 Å². The molecule has 109 heavy (non-hydrogen) atoms. The van der Waals surface area contributed by atoms with Crippen molar-refractivity contribution in [3.05, 3.63) is 12.2 Å². The summed E-state index contributed by atoms with van der Waals surface area (Å²) in [5.74, 6) is -14.5. The highest BCUT2D eigenvalue weighted by molar-refractivity contribution is 6.01. The molecule has 0 aromatic carbocycles. The Morgan fingerprint density at radius 2 is 1.33 bits per heavy atom. The SMILES string of the molecule is CCC[C@H]1C(=O)N[C@@H]([C@@H](C)CC)C(=O)N(C)CC(=O)N(C)[C@H]2C/C=C\CCN(C2=O)[C@@H](CC2CCC(C(F)(F)F)CC2)C(=O)N(C)CC(=O)N[C@@H](CCC2CC(F)C(C(F)F)C(OC)C2)C(=O)N2C[C@H](OCC)C[C@H]2C(=O)NC2(CC(C)(C)C2)C(=O)N(C)[C@@H](C2CCCC2)C(=O)N(C)[C@H](C(=O)N(C)C)CC(=O)N1C. The van der Waals surface area contributed by atoms with Crippen LogP contribution in [0.25, 0.3) is 0 Å². The zero-order valence-electron chi connectivity index (χ0n) is 66.6. The normalized spacial score (nSPS) is 32.1. The number of likely N-dealkylation sites (N-methyl/N-ethyl adjacent to an activating group) is 7. The van der Waals surface area contributed by atoms with Crippen LogP contribution in [0.5, 0.6) is 0 Å². The second-order valence-corrected chi connectivity index (χ2v) is 33.1. The molecule has 12 amide bonds. The number of nitrogens with one attached hydrogen (secondary N) is 3. The van der Waals surface area contributed by atoms with E-state index < -0.39 is 216 Å². The maximum absolute atomic E-state index is 15.8. The molecule has 26 nitrogen and oxygen atoms in total. The zero-order chi connectivity index (χ0) is 81.1. The molecule has 4 saturated carbocycles. The van der Waals surface area contributed by atoms with Gasteiger partial charge in [0, 0.05) is 89.6 Å². The highest BCUT2D eigenvalue weighted by Gasteiger charge is 2.60. The van der Waals surface area contributed by atoms with Gasteiger partial charge in [-0.3, -0.25) is 57.5 Å². The first-order valence-electron chi connectivity index (χ1n) is 39.2. The third-order valence-electron chi connectivity index (χ3n) is 24.4. The summed E-state index contributed by atoms with van der Waals surface area (Å²) in [5.41, 5.74) is -2.27. The van der Waals surface area contributed by atoms with Crippen LogP contribution in [-0.4, -0.2) is 296 Å². The van der Waals surface area contributed by atoms with Gasteiger partial charge >= 0.3 is 6.18 Å². The molecule has 6 fully saturated rings. The first-order valence-corrected chi connectivity index (χ1v) is 39.2. The van der Waals surface area contributed by atoms with Gasteiger partial charge in [-0.25, -0.2) is 13.2 Å². The minimum atomic E-state index is -4.48. The second-order valence-electron chi connectivity index (χ2n) is 33.1. The first kappa shape index (κ1) is 89.1. The Morgan fingerprint density at radius 1 is 0.688 bits per heavy atom. The van der Waals surface area contributed by atoms with E-state index in [2.05, 4.69) is 16.0 Å². The summed E-state index contributed by atoms with van der Waals surface area (Å²) in [6, 6.07) is -11.0. The van der Waals surface area contributed by atoms with Crippen molar-refractivity contribution >= 4 is 70.9 Å². The summed E-state index contributed by atoms with van der Waals surface area (Å²) in [6.45, 7) is 9.16. The predicted octanol–water partition coefficient (Wildman–Crippen LogP) is 6.12. The molecule has 2 bridgehead atoms. The Labute approximate surface area is 638 Å². The van der Waals surface area contributed by atoms with Crippen molar-refractivity contribution in [1.82, 2.24) is 60.0 Å². The number of amides is 12. The molecule has 1 spiro atoms. The fraction of sp³-hybridized carbons (Fsp3) is 0.818. The van der Waals surface area contributed by atoms with E-state index >= 15 is 33.2 Å². The van der Waals surface area contributed by atoms with Crippen LogP contribution in [-0.2, 0) is 67.0 Å². The summed E-state index contributed by atoms with van der Waals surface area (Å²) in [4.78, 5) is 193. The van der Waals surface area contributed by atoms with Crippen LogP contribution in [0, 0.1) is 40.9 Å². The van der Waals surface area contributed by atoms with Gasteiger partial charge in [0.05, 0.1) is 43.6 Å². The van der Waals surface area contributed by atoms with E-state index in [1.54, 1.807) is 39.8 Å². The van der Waals surface area contributed by atoms with Crippen molar-refractivity contribution in [2.75, 3.05) is 96.3 Å². The quantitative estimate of drug-likeness (QED) is 0.123. The molecule has 7 rings (SSSR count). The van der Waals surface area contributed by atoms with Gasteiger partial charge in [-0.15, -0.1) is 0 Å². The third kappa shape index (κ3) is 21.6. The van der Waals surface area contributed by atoms with Crippen molar-refractivity contribution in [2.24, 2.45) is 40.9 Å². The van der Waals surface area contributed by atoms with Crippen LogP contribution in [0.2, 0.25) is 0 Å². The zero-order valence-corrected chi connectivity index (χ0v) is 66.6. The van der Waals surface area contributed by atoms with E-state index in [1.807, 2.05) is 13.8 Å². The number of rotatable bonds is 15. The lowest BCUT2D eigenvalue weighted by molar-refractivity contribution is -0.184. The van der Waals surface area contributed by atoms with Gasteiger partial charge in [0.25, 0.3) is 0 Å². The van der Waals surface area contributed by atoms with Crippen LogP contribution in [0.4, 0.5) is 26.3 Å². The summed E-state index contributed by atoms with van der Waals surface area (Å²) in [6.07, 6.45) is -6.76. The molecule has 3 aliphatic heterocycles. The number of methoxy groups -OCH3 is 1. The van der Waals surface area contributed by atoms with E-state index in [0.29, 0.717) is 38.5 Å². The smallest absolute Gasteiger partial charge is 0.381 e. The van der Waals surface area contributed by atoms with E-state index in [9.17, 15) is 50.7 Å². The number of nitrogens with zero attached hydrogens (tertiary/aromatic N) is 9. The molecule has 3 N–H and O–H groups in total. The largest absolute Gasteiger partial charge is 0.391 e. The fourth-order valence-electron chi connectivity index (χ4n) is 18.0. The van der Waals surface area contributed by atoms with Gasteiger partial charge in [0.2, 0.25) is 77.3 Å². The topological polar surface area (TPSA) is 289 Å². The number of fused-ring (bicyclic) bond motifs is 3. The molecule has 7 aliphatic rings. The molecule has 0 aromatic heterocycles. The van der Waals surface area contributed by atoms with Crippen LogP contribution < -0.4 is 16.0 Å². The van der Waals surface area contributed by atoms with Crippen LogP contribution in [0.3, 0.4) is 0 Å². The average molecular weight is 1550 g/mol. The number of halogens is 6. The molecule has 3 heterocycles. The lowest BCUT2D eigenvalue weighted by Gasteiger charge is -2.54. The minimum absolute atomic E-state index is 0.0294. The predicted molar refractivity (Wildman–Crippen MR) is 392 cm³/mol. The summed E-state index contributed by atoms with van der Waals surface area (Å²) in [7, 11) is 12.3. The van der Waals surface area contributed by atoms with Gasteiger partial charge in [0.15, 0.2) is 0 Å². The first-order chi connectivity index (χ1) is 51.2. The Bertz CT molecular complexity index is 3250. The van der Waals surface area contributed by atoms with Crippen molar-refractivity contribution in [3.63, 3.8) is 0 Å². The van der Waals surface area contributed by atoms with Crippen molar-refractivity contribution in [2.45, 2.75) is 268 Å². The van der Waals surface area contributed by atoms with E-state index in [0.717, 1.165) is 19.6 Å². The molecule has 2 saturated heterocycles. The molecule has 4 unspecified atom stereocenters. The van der Waals surface area contributed by atoms with E-state index in [4.69, 9.17) is 9.47 Å². The number of hydrogen-bond donors (Lipinski definition) is 3. The minimum Gasteiger partial charge on any atom is -0.381 e.